The Morgan fingerprint density at radius 2 is 2.47 bits per heavy atom. The maximum absolute atomic E-state index is 5.13. The lowest BCUT2D eigenvalue weighted by molar-refractivity contribution is 0.213. The van der Waals surface area contributed by atoms with Gasteiger partial charge in [-0.25, -0.2) is 0 Å². The van der Waals surface area contributed by atoms with E-state index in [1.807, 2.05) is 17.8 Å². The van der Waals surface area contributed by atoms with Crippen molar-refractivity contribution in [1.29, 1.82) is 0 Å². The van der Waals surface area contributed by atoms with E-state index in [0.717, 1.165) is 17.6 Å². The van der Waals surface area contributed by atoms with Gasteiger partial charge in [-0.15, -0.1) is 0 Å². The van der Waals surface area contributed by atoms with Crippen molar-refractivity contribution in [3.8, 4) is 0 Å². The van der Waals surface area contributed by atoms with Crippen molar-refractivity contribution in [3.05, 3.63) is 18.0 Å². The zero-order valence-corrected chi connectivity index (χ0v) is 10.2. The molecule has 1 aromatic heterocycles. The van der Waals surface area contributed by atoms with Crippen LogP contribution < -0.4 is 0 Å². The molecule has 15 heavy (non-hydrogen) atoms. The van der Waals surface area contributed by atoms with Gasteiger partial charge in [-0.3, -0.25) is 4.90 Å². The monoisotopic (exact) mass is 226 g/mol. The molecule has 4 heteroatoms. The Hall–Kier alpha value is -0.480. The number of nitrogens with zero attached hydrogens (tertiary/aromatic N) is 2. The number of aromatic nitrogens is 1. The van der Waals surface area contributed by atoms with E-state index in [4.69, 9.17) is 4.52 Å². The summed E-state index contributed by atoms with van der Waals surface area (Å²) < 4.78 is 5.13. The molecule has 0 saturated heterocycles. The number of hydrogen-bond donors (Lipinski definition) is 0. The van der Waals surface area contributed by atoms with E-state index in [2.05, 4.69) is 23.4 Å². The van der Waals surface area contributed by atoms with Crippen LogP contribution in [0.15, 0.2) is 16.8 Å². The summed E-state index contributed by atoms with van der Waals surface area (Å²) in [5, 5.41) is 4.52. The van der Waals surface area contributed by atoms with Crippen molar-refractivity contribution < 1.29 is 4.52 Å². The van der Waals surface area contributed by atoms with E-state index >= 15 is 0 Å². The minimum Gasteiger partial charge on any atom is -0.360 e. The van der Waals surface area contributed by atoms with Gasteiger partial charge in [0, 0.05) is 17.4 Å². The highest BCUT2D eigenvalue weighted by Crippen LogP contribution is 2.32. The first kappa shape index (κ1) is 11.0. The van der Waals surface area contributed by atoms with Gasteiger partial charge in [0.1, 0.15) is 0 Å². The van der Waals surface area contributed by atoms with Crippen LogP contribution in [0.3, 0.4) is 0 Å². The molecule has 2 unspecified atom stereocenters. The summed E-state index contributed by atoms with van der Waals surface area (Å²) in [6.45, 7) is 0.877. The first-order chi connectivity index (χ1) is 7.31. The fourth-order valence-electron chi connectivity index (χ4n) is 2.37. The summed E-state index contributed by atoms with van der Waals surface area (Å²) in [6.07, 6.45) is 7.95. The molecular weight excluding hydrogens is 208 g/mol. The molecule has 2 rings (SSSR count). The van der Waals surface area contributed by atoms with Gasteiger partial charge in [-0.2, -0.15) is 11.8 Å². The molecule has 1 fully saturated rings. The van der Waals surface area contributed by atoms with Gasteiger partial charge in [0.2, 0.25) is 0 Å². The largest absolute Gasteiger partial charge is 0.360 e. The molecule has 0 aliphatic heterocycles. The first-order valence-corrected chi connectivity index (χ1v) is 6.72. The molecule has 3 nitrogen and oxygen atoms in total. The highest BCUT2D eigenvalue weighted by Gasteiger charge is 2.29. The molecule has 1 saturated carbocycles. The van der Waals surface area contributed by atoms with Crippen molar-refractivity contribution in [1.82, 2.24) is 10.1 Å². The molecule has 1 aliphatic carbocycles. The standard InChI is InChI=1S/C11H18N2OS/c1-13(8-9-6-7-12-14-9)10-4-3-5-11(10)15-2/h6-7,10-11H,3-5,8H2,1-2H3. The minimum atomic E-state index is 0.699. The lowest BCUT2D eigenvalue weighted by Gasteiger charge is -2.27. The predicted molar refractivity (Wildman–Crippen MR) is 62.9 cm³/mol. The van der Waals surface area contributed by atoms with Crippen LogP contribution in [0.5, 0.6) is 0 Å². The number of rotatable bonds is 4. The SMILES string of the molecule is CSC1CCCC1N(C)Cc1ccno1. The van der Waals surface area contributed by atoms with Crippen molar-refractivity contribution in [2.75, 3.05) is 13.3 Å². The summed E-state index contributed by atoms with van der Waals surface area (Å²) in [6, 6.07) is 2.64. The van der Waals surface area contributed by atoms with Crippen LogP contribution >= 0.6 is 11.8 Å². The second-order valence-corrected chi connectivity index (χ2v) is 5.24. The topological polar surface area (TPSA) is 29.3 Å². The molecule has 0 radical (unpaired) electrons. The van der Waals surface area contributed by atoms with Crippen molar-refractivity contribution in [2.24, 2.45) is 0 Å². The number of thioether (sulfide) groups is 1. The van der Waals surface area contributed by atoms with E-state index in [0.29, 0.717) is 6.04 Å². The van der Waals surface area contributed by atoms with E-state index in [-0.39, 0.29) is 0 Å². The first-order valence-electron chi connectivity index (χ1n) is 5.44. The third kappa shape index (κ3) is 2.55. The molecule has 1 aliphatic rings. The molecule has 1 aromatic rings. The zero-order valence-electron chi connectivity index (χ0n) is 9.35. The van der Waals surface area contributed by atoms with Gasteiger partial charge >= 0.3 is 0 Å². The molecule has 84 valence electrons. The molecular formula is C11H18N2OS. The quantitative estimate of drug-likeness (QED) is 0.788. The van der Waals surface area contributed by atoms with E-state index in [9.17, 15) is 0 Å². The van der Waals surface area contributed by atoms with Crippen LogP contribution in [0, 0.1) is 0 Å². The van der Waals surface area contributed by atoms with Crippen LogP contribution in [-0.2, 0) is 6.54 Å². The average Bonchev–Trinajstić information content (AvgIpc) is 2.86. The van der Waals surface area contributed by atoms with E-state index < -0.39 is 0 Å². The van der Waals surface area contributed by atoms with Crippen molar-refractivity contribution in [3.63, 3.8) is 0 Å². The summed E-state index contributed by atoms with van der Waals surface area (Å²) in [5.41, 5.74) is 0. The van der Waals surface area contributed by atoms with Crippen molar-refractivity contribution >= 4 is 11.8 Å². The van der Waals surface area contributed by atoms with Gasteiger partial charge in [0.05, 0.1) is 12.7 Å². The summed E-state index contributed by atoms with van der Waals surface area (Å²) in [7, 11) is 2.18. The second-order valence-electron chi connectivity index (χ2n) is 4.17. The van der Waals surface area contributed by atoms with Crippen LogP contribution in [0.25, 0.3) is 0 Å². The molecule has 0 aromatic carbocycles. The third-order valence-electron chi connectivity index (χ3n) is 3.18. The number of hydrogen-bond acceptors (Lipinski definition) is 4. The lowest BCUT2D eigenvalue weighted by Crippen LogP contribution is -2.35. The minimum absolute atomic E-state index is 0.699. The van der Waals surface area contributed by atoms with Crippen molar-refractivity contribution in [2.45, 2.75) is 37.1 Å². The summed E-state index contributed by atoms with van der Waals surface area (Å²) >= 11 is 1.99. The van der Waals surface area contributed by atoms with Gasteiger partial charge in [0.15, 0.2) is 5.76 Å². The Kier molecular flexibility index (Phi) is 3.70. The normalized spacial score (nSPS) is 26.3. The van der Waals surface area contributed by atoms with E-state index in [1.165, 1.54) is 19.3 Å². The Morgan fingerprint density at radius 1 is 1.60 bits per heavy atom. The Balaban J connectivity index is 1.92. The van der Waals surface area contributed by atoms with E-state index in [1.54, 1.807) is 6.20 Å². The lowest BCUT2D eigenvalue weighted by atomic mass is 10.2. The Morgan fingerprint density at radius 3 is 3.13 bits per heavy atom. The van der Waals surface area contributed by atoms with Gasteiger partial charge < -0.3 is 4.52 Å². The second kappa shape index (κ2) is 5.03. The van der Waals surface area contributed by atoms with Crippen LogP contribution in [0.2, 0.25) is 0 Å². The molecule has 0 amide bonds. The van der Waals surface area contributed by atoms with Crippen LogP contribution in [0.4, 0.5) is 0 Å². The average molecular weight is 226 g/mol. The summed E-state index contributed by atoms with van der Waals surface area (Å²) in [4.78, 5) is 2.40. The fourth-order valence-corrected chi connectivity index (χ4v) is 3.43. The molecule has 0 bridgehead atoms. The van der Waals surface area contributed by atoms with Crippen LogP contribution in [-0.4, -0.2) is 34.7 Å². The molecule has 2 atom stereocenters. The van der Waals surface area contributed by atoms with Gasteiger partial charge in [0.25, 0.3) is 0 Å². The Labute approximate surface area is 95.2 Å². The zero-order chi connectivity index (χ0) is 10.7. The maximum atomic E-state index is 5.13. The molecule has 1 heterocycles. The maximum Gasteiger partial charge on any atom is 0.150 e. The van der Waals surface area contributed by atoms with Crippen LogP contribution in [0.1, 0.15) is 25.0 Å². The fraction of sp³-hybridized carbons (Fsp3) is 0.727. The predicted octanol–water partition coefficient (Wildman–Crippen LogP) is 2.39. The summed E-state index contributed by atoms with van der Waals surface area (Å²) in [5.74, 6) is 0.962. The third-order valence-corrected chi connectivity index (χ3v) is 4.34. The smallest absolute Gasteiger partial charge is 0.150 e. The molecule has 0 spiro atoms. The highest BCUT2D eigenvalue weighted by atomic mass is 32.2. The highest BCUT2D eigenvalue weighted by molar-refractivity contribution is 7.99. The van der Waals surface area contributed by atoms with Gasteiger partial charge in [-0.1, -0.05) is 11.6 Å². The molecule has 0 N–H and O–H groups in total. The van der Waals surface area contributed by atoms with Gasteiger partial charge in [-0.05, 0) is 26.1 Å². The Bertz CT molecular complexity index is 289.